The maximum Gasteiger partial charge on any atom is 0.270 e. The number of non-ortho nitro benzene ring substituents is 1. The van der Waals surface area contributed by atoms with E-state index >= 15 is 0 Å². The Bertz CT molecular complexity index is 640. The summed E-state index contributed by atoms with van der Waals surface area (Å²) in [6.45, 7) is 3.85. The standard InChI is InChI=1S/C14H16N2O4S/c1-3-14-15-10(8-21-14)7-20-13-5-4-11(16(18)19)6-12(13)9(2)17/h4-6,8-9,17H,3,7H2,1-2H3/t9-/m0/s1. The predicted molar refractivity (Wildman–Crippen MR) is 79.6 cm³/mol. The summed E-state index contributed by atoms with van der Waals surface area (Å²) < 4.78 is 5.64. The predicted octanol–water partition coefficient (Wildman–Crippen LogP) is 3.25. The van der Waals surface area contributed by atoms with E-state index < -0.39 is 11.0 Å². The molecule has 0 fully saturated rings. The number of benzene rings is 1. The zero-order valence-corrected chi connectivity index (χ0v) is 12.6. The van der Waals surface area contributed by atoms with Crippen molar-refractivity contribution >= 4 is 17.0 Å². The maximum atomic E-state index is 10.8. The fraction of sp³-hybridized carbons (Fsp3) is 0.357. The number of aromatic nitrogens is 1. The average Bonchev–Trinajstić information content (AvgIpc) is 2.92. The summed E-state index contributed by atoms with van der Waals surface area (Å²) in [6, 6.07) is 4.20. The van der Waals surface area contributed by atoms with Crippen LogP contribution in [0, 0.1) is 10.1 Å². The van der Waals surface area contributed by atoms with E-state index in [1.807, 2.05) is 12.3 Å². The quantitative estimate of drug-likeness (QED) is 0.654. The van der Waals surface area contributed by atoms with E-state index in [2.05, 4.69) is 4.98 Å². The molecule has 0 aliphatic heterocycles. The van der Waals surface area contributed by atoms with Crippen LogP contribution in [0.3, 0.4) is 0 Å². The van der Waals surface area contributed by atoms with Crippen molar-refractivity contribution in [3.05, 3.63) is 50.0 Å². The molecule has 1 aromatic carbocycles. The third-order valence-corrected chi connectivity index (χ3v) is 3.97. The van der Waals surface area contributed by atoms with Crippen molar-refractivity contribution in [1.82, 2.24) is 4.98 Å². The molecular weight excluding hydrogens is 292 g/mol. The van der Waals surface area contributed by atoms with Crippen molar-refractivity contribution in [3.8, 4) is 5.75 Å². The van der Waals surface area contributed by atoms with Gasteiger partial charge in [-0.3, -0.25) is 10.1 Å². The molecule has 0 saturated carbocycles. The number of hydrogen-bond donors (Lipinski definition) is 1. The largest absolute Gasteiger partial charge is 0.487 e. The Balaban J connectivity index is 2.17. The third-order valence-electron chi connectivity index (χ3n) is 2.93. The molecule has 0 saturated heterocycles. The Hall–Kier alpha value is -1.99. The molecule has 2 aromatic rings. The van der Waals surface area contributed by atoms with E-state index in [9.17, 15) is 15.2 Å². The lowest BCUT2D eigenvalue weighted by Gasteiger charge is -2.12. The second-order valence-corrected chi connectivity index (χ2v) is 5.47. The molecule has 0 bridgehead atoms. The molecule has 1 N–H and O–H groups in total. The normalized spacial score (nSPS) is 12.1. The summed E-state index contributed by atoms with van der Waals surface area (Å²) in [4.78, 5) is 14.7. The highest BCUT2D eigenvalue weighted by atomic mass is 32.1. The van der Waals surface area contributed by atoms with E-state index in [4.69, 9.17) is 4.74 Å². The van der Waals surface area contributed by atoms with E-state index in [0.717, 1.165) is 17.1 Å². The van der Waals surface area contributed by atoms with Crippen LogP contribution in [-0.2, 0) is 13.0 Å². The van der Waals surface area contributed by atoms with Gasteiger partial charge >= 0.3 is 0 Å². The number of aliphatic hydroxyl groups is 1. The van der Waals surface area contributed by atoms with Crippen LogP contribution in [-0.4, -0.2) is 15.0 Å². The first-order valence-corrected chi connectivity index (χ1v) is 7.41. The van der Waals surface area contributed by atoms with E-state index in [1.54, 1.807) is 18.3 Å². The summed E-state index contributed by atoms with van der Waals surface area (Å²) in [5.41, 5.74) is 1.14. The Morgan fingerprint density at radius 1 is 1.52 bits per heavy atom. The topological polar surface area (TPSA) is 85.5 Å². The minimum atomic E-state index is -0.846. The van der Waals surface area contributed by atoms with Crippen molar-refractivity contribution in [2.75, 3.05) is 0 Å². The van der Waals surface area contributed by atoms with Crippen LogP contribution in [0.2, 0.25) is 0 Å². The van der Waals surface area contributed by atoms with E-state index in [-0.39, 0.29) is 12.3 Å². The molecule has 0 unspecified atom stereocenters. The summed E-state index contributed by atoms with van der Waals surface area (Å²) in [5, 5.41) is 23.5. The van der Waals surface area contributed by atoms with Gasteiger partial charge in [0.1, 0.15) is 12.4 Å². The lowest BCUT2D eigenvalue weighted by atomic mass is 10.1. The molecule has 7 heteroatoms. The lowest BCUT2D eigenvalue weighted by Crippen LogP contribution is -2.02. The Morgan fingerprint density at radius 2 is 2.29 bits per heavy atom. The summed E-state index contributed by atoms with van der Waals surface area (Å²) in [7, 11) is 0. The average molecular weight is 308 g/mol. The molecule has 21 heavy (non-hydrogen) atoms. The van der Waals surface area contributed by atoms with E-state index in [1.165, 1.54) is 18.2 Å². The molecule has 112 valence electrons. The Labute approximate surface area is 126 Å². The molecule has 1 heterocycles. The molecule has 0 amide bonds. The van der Waals surface area contributed by atoms with Gasteiger partial charge in [-0.15, -0.1) is 11.3 Å². The molecule has 1 aromatic heterocycles. The van der Waals surface area contributed by atoms with Crippen molar-refractivity contribution in [1.29, 1.82) is 0 Å². The SMILES string of the molecule is CCc1nc(COc2ccc([N+](=O)[O-])cc2[C@H](C)O)cs1. The first kappa shape index (κ1) is 15.4. The van der Waals surface area contributed by atoms with Crippen molar-refractivity contribution in [2.45, 2.75) is 33.0 Å². The molecule has 0 aliphatic rings. The summed E-state index contributed by atoms with van der Waals surface area (Å²) >= 11 is 1.57. The minimum Gasteiger partial charge on any atom is -0.487 e. The molecule has 0 aliphatic carbocycles. The fourth-order valence-electron chi connectivity index (χ4n) is 1.84. The minimum absolute atomic E-state index is 0.0693. The number of aryl methyl sites for hydroxylation is 1. The number of rotatable bonds is 6. The van der Waals surface area contributed by atoms with E-state index in [0.29, 0.717) is 11.3 Å². The fourth-order valence-corrected chi connectivity index (χ4v) is 2.57. The summed E-state index contributed by atoms with van der Waals surface area (Å²) in [5.74, 6) is 0.432. The Kier molecular flexibility index (Phi) is 4.87. The maximum absolute atomic E-state index is 10.8. The summed E-state index contributed by atoms with van der Waals surface area (Å²) in [6.07, 6.45) is 0.0303. The first-order chi connectivity index (χ1) is 10.0. The second-order valence-electron chi connectivity index (χ2n) is 4.53. The molecule has 1 atom stereocenters. The van der Waals surface area contributed by atoms with Gasteiger partial charge < -0.3 is 9.84 Å². The van der Waals surface area contributed by atoms with Gasteiger partial charge in [0, 0.05) is 23.1 Å². The van der Waals surface area contributed by atoms with Gasteiger partial charge in [-0.2, -0.15) is 0 Å². The van der Waals surface area contributed by atoms with Crippen LogP contribution in [0.4, 0.5) is 5.69 Å². The third kappa shape index (κ3) is 3.77. The van der Waals surface area contributed by atoms with Gasteiger partial charge in [-0.25, -0.2) is 4.98 Å². The monoisotopic (exact) mass is 308 g/mol. The number of hydrogen-bond acceptors (Lipinski definition) is 6. The highest BCUT2D eigenvalue weighted by Gasteiger charge is 2.15. The van der Waals surface area contributed by atoms with Crippen molar-refractivity contribution in [2.24, 2.45) is 0 Å². The number of nitro groups is 1. The van der Waals surface area contributed by atoms with Crippen LogP contribution < -0.4 is 4.74 Å². The van der Waals surface area contributed by atoms with Crippen LogP contribution in [0.25, 0.3) is 0 Å². The number of nitrogens with zero attached hydrogens (tertiary/aromatic N) is 2. The van der Waals surface area contributed by atoms with Crippen LogP contribution >= 0.6 is 11.3 Å². The van der Waals surface area contributed by atoms with Gasteiger partial charge in [0.15, 0.2) is 0 Å². The van der Waals surface area contributed by atoms with Gasteiger partial charge in [-0.1, -0.05) is 6.92 Å². The van der Waals surface area contributed by atoms with Gasteiger partial charge in [0.25, 0.3) is 5.69 Å². The molecular formula is C14H16N2O4S. The number of nitro benzene ring substituents is 1. The van der Waals surface area contributed by atoms with Crippen LogP contribution in [0.5, 0.6) is 5.75 Å². The second kappa shape index (κ2) is 6.64. The molecule has 6 nitrogen and oxygen atoms in total. The van der Waals surface area contributed by atoms with Gasteiger partial charge in [-0.05, 0) is 19.4 Å². The van der Waals surface area contributed by atoms with Crippen LogP contribution in [0.15, 0.2) is 23.6 Å². The van der Waals surface area contributed by atoms with Crippen molar-refractivity contribution in [3.63, 3.8) is 0 Å². The zero-order chi connectivity index (χ0) is 15.4. The van der Waals surface area contributed by atoms with Gasteiger partial charge in [0.05, 0.1) is 21.7 Å². The number of thiazole rings is 1. The zero-order valence-electron chi connectivity index (χ0n) is 11.8. The van der Waals surface area contributed by atoms with Crippen molar-refractivity contribution < 1.29 is 14.8 Å². The van der Waals surface area contributed by atoms with Gasteiger partial charge in [0.2, 0.25) is 0 Å². The van der Waals surface area contributed by atoms with Crippen LogP contribution in [0.1, 0.15) is 36.2 Å². The Morgan fingerprint density at radius 3 is 2.86 bits per heavy atom. The number of ether oxygens (including phenoxy) is 1. The first-order valence-electron chi connectivity index (χ1n) is 6.53. The highest BCUT2D eigenvalue weighted by Crippen LogP contribution is 2.30. The highest BCUT2D eigenvalue weighted by molar-refractivity contribution is 7.09. The molecule has 2 rings (SSSR count). The molecule has 0 radical (unpaired) electrons. The molecule has 0 spiro atoms. The smallest absolute Gasteiger partial charge is 0.270 e. The number of aliphatic hydroxyl groups excluding tert-OH is 1. The lowest BCUT2D eigenvalue weighted by molar-refractivity contribution is -0.385.